The molecule has 0 aliphatic rings. The maximum absolute atomic E-state index is 11.8. The molecule has 0 heterocycles. The maximum Gasteiger partial charge on any atom is 0.340 e. The van der Waals surface area contributed by atoms with Crippen molar-refractivity contribution in [2.45, 2.75) is 0 Å². The van der Waals surface area contributed by atoms with E-state index in [9.17, 15) is 9.59 Å². The molecule has 21 heavy (non-hydrogen) atoms. The first-order valence-electron chi connectivity index (χ1n) is 6.03. The zero-order chi connectivity index (χ0) is 15.2. The largest absolute Gasteiger partial charge is 0.452 e. The van der Waals surface area contributed by atoms with Crippen molar-refractivity contribution < 1.29 is 14.3 Å². The predicted molar refractivity (Wildman–Crippen MR) is 84.5 cm³/mol. The van der Waals surface area contributed by atoms with Gasteiger partial charge in [-0.25, -0.2) is 4.79 Å². The minimum absolute atomic E-state index is 0.231. The van der Waals surface area contributed by atoms with E-state index in [1.54, 1.807) is 36.4 Å². The van der Waals surface area contributed by atoms with Gasteiger partial charge in [-0.3, -0.25) is 4.79 Å². The molecule has 0 aliphatic carbocycles. The number of carbonyl (C=O) groups is 2. The van der Waals surface area contributed by atoms with E-state index in [0.29, 0.717) is 5.69 Å². The molecule has 2 aromatic carbocycles. The fraction of sp³-hybridized carbons (Fsp3) is 0.0667. The van der Waals surface area contributed by atoms with E-state index in [-0.39, 0.29) is 17.2 Å². The highest BCUT2D eigenvalue weighted by atomic mass is 79.9. The summed E-state index contributed by atoms with van der Waals surface area (Å²) in [5.74, 6) is -1.06. The second-order valence-corrected chi connectivity index (χ2v) is 5.44. The summed E-state index contributed by atoms with van der Waals surface area (Å²) in [6, 6.07) is 13.6. The Morgan fingerprint density at radius 2 is 1.90 bits per heavy atom. The Hall–Kier alpha value is -1.85. The molecule has 0 fully saturated rings. The van der Waals surface area contributed by atoms with Crippen LogP contribution < -0.4 is 5.32 Å². The highest BCUT2D eigenvalue weighted by Gasteiger charge is 2.13. The summed E-state index contributed by atoms with van der Waals surface area (Å²) in [6.45, 7) is -0.378. The molecular weight excluding hydrogens is 358 g/mol. The van der Waals surface area contributed by atoms with E-state index in [4.69, 9.17) is 16.3 Å². The lowest BCUT2D eigenvalue weighted by atomic mass is 10.2. The molecule has 1 amide bonds. The third kappa shape index (κ3) is 4.58. The van der Waals surface area contributed by atoms with Crippen LogP contribution in [-0.4, -0.2) is 18.5 Å². The molecule has 6 heteroatoms. The van der Waals surface area contributed by atoms with Crippen molar-refractivity contribution >= 4 is 45.1 Å². The topological polar surface area (TPSA) is 55.4 Å². The zero-order valence-corrected chi connectivity index (χ0v) is 13.1. The molecule has 4 nitrogen and oxygen atoms in total. The predicted octanol–water partition coefficient (Wildman–Crippen LogP) is 3.90. The molecule has 0 saturated heterocycles. The number of hydrogen-bond donors (Lipinski definition) is 1. The van der Waals surface area contributed by atoms with E-state index >= 15 is 0 Å². The van der Waals surface area contributed by atoms with Crippen LogP contribution in [0, 0.1) is 0 Å². The SMILES string of the molecule is O=C(COC(=O)c1ccccc1Cl)Nc1cccc(Br)c1. The summed E-state index contributed by atoms with van der Waals surface area (Å²) >= 11 is 9.18. The van der Waals surface area contributed by atoms with E-state index in [1.807, 2.05) is 6.07 Å². The van der Waals surface area contributed by atoms with Crippen LogP contribution in [0.3, 0.4) is 0 Å². The molecule has 1 N–H and O–H groups in total. The molecule has 2 rings (SSSR count). The van der Waals surface area contributed by atoms with Crippen molar-refractivity contribution in [1.29, 1.82) is 0 Å². The molecule has 0 unspecified atom stereocenters. The molecule has 0 saturated carbocycles. The molecule has 0 bridgehead atoms. The molecule has 0 aliphatic heterocycles. The van der Waals surface area contributed by atoms with Gasteiger partial charge in [0.25, 0.3) is 5.91 Å². The van der Waals surface area contributed by atoms with Crippen LogP contribution in [0.4, 0.5) is 5.69 Å². The van der Waals surface area contributed by atoms with Gasteiger partial charge in [-0.2, -0.15) is 0 Å². The lowest BCUT2D eigenvalue weighted by molar-refractivity contribution is -0.119. The number of amides is 1. The highest BCUT2D eigenvalue weighted by Crippen LogP contribution is 2.17. The van der Waals surface area contributed by atoms with Gasteiger partial charge in [0.2, 0.25) is 0 Å². The fourth-order valence-electron chi connectivity index (χ4n) is 1.60. The standard InChI is InChI=1S/C15H11BrClNO3/c16-10-4-3-5-11(8-10)18-14(19)9-21-15(20)12-6-1-2-7-13(12)17/h1-8H,9H2,(H,18,19). The van der Waals surface area contributed by atoms with Crippen LogP contribution in [0.5, 0.6) is 0 Å². The van der Waals surface area contributed by atoms with Crippen LogP contribution in [0.2, 0.25) is 5.02 Å². The average Bonchev–Trinajstić information content (AvgIpc) is 2.45. The normalized spacial score (nSPS) is 10.0. The van der Waals surface area contributed by atoms with Crippen molar-refractivity contribution in [3.8, 4) is 0 Å². The Balaban J connectivity index is 1.90. The van der Waals surface area contributed by atoms with Gasteiger partial charge < -0.3 is 10.1 Å². The third-order valence-corrected chi connectivity index (χ3v) is 3.36. The number of rotatable bonds is 4. The molecule has 0 radical (unpaired) electrons. The minimum atomic E-state index is -0.634. The quantitative estimate of drug-likeness (QED) is 0.833. The Morgan fingerprint density at radius 1 is 1.14 bits per heavy atom. The smallest absolute Gasteiger partial charge is 0.340 e. The zero-order valence-electron chi connectivity index (χ0n) is 10.8. The molecule has 2 aromatic rings. The van der Waals surface area contributed by atoms with Gasteiger partial charge in [-0.1, -0.05) is 45.7 Å². The fourth-order valence-corrected chi connectivity index (χ4v) is 2.21. The Morgan fingerprint density at radius 3 is 2.62 bits per heavy atom. The van der Waals surface area contributed by atoms with Crippen LogP contribution in [0.25, 0.3) is 0 Å². The van der Waals surface area contributed by atoms with Gasteiger partial charge in [0.15, 0.2) is 6.61 Å². The number of carbonyl (C=O) groups excluding carboxylic acids is 2. The Bertz CT molecular complexity index is 675. The highest BCUT2D eigenvalue weighted by molar-refractivity contribution is 9.10. The van der Waals surface area contributed by atoms with Gasteiger partial charge in [0.05, 0.1) is 10.6 Å². The number of halogens is 2. The molecule has 108 valence electrons. The van der Waals surface area contributed by atoms with Crippen LogP contribution >= 0.6 is 27.5 Å². The van der Waals surface area contributed by atoms with Crippen LogP contribution in [0.15, 0.2) is 53.0 Å². The van der Waals surface area contributed by atoms with Crippen LogP contribution in [0.1, 0.15) is 10.4 Å². The van der Waals surface area contributed by atoms with E-state index in [1.165, 1.54) is 6.07 Å². The summed E-state index contributed by atoms with van der Waals surface area (Å²) in [5.41, 5.74) is 0.845. The van der Waals surface area contributed by atoms with Crippen molar-refractivity contribution in [2.24, 2.45) is 0 Å². The van der Waals surface area contributed by atoms with E-state index < -0.39 is 11.9 Å². The number of nitrogens with one attached hydrogen (secondary N) is 1. The summed E-state index contributed by atoms with van der Waals surface area (Å²) in [6.07, 6.45) is 0. The van der Waals surface area contributed by atoms with Gasteiger partial charge >= 0.3 is 5.97 Å². The second-order valence-electron chi connectivity index (χ2n) is 4.11. The number of hydrogen-bond acceptors (Lipinski definition) is 3. The van der Waals surface area contributed by atoms with Gasteiger partial charge in [0, 0.05) is 10.2 Å². The molecule has 0 spiro atoms. The second kappa shape index (κ2) is 7.24. The molecule has 0 atom stereocenters. The van der Waals surface area contributed by atoms with Crippen LogP contribution in [-0.2, 0) is 9.53 Å². The van der Waals surface area contributed by atoms with Crippen molar-refractivity contribution in [1.82, 2.24) is 0 Å². The number of esters is 1. The number of ether oxygens (including phenoxy) is 1. The van der Waals surface area contributed by atoms with Crippen molar-refractivity contribution in [3.05, 3.63) is 63.6 Å². The lowest BCUT2D eigenvalue weighted by Gasteiger charge is -2.07. The monoisotopic (exact) mass is 367 g/mol. The first-order chi connectivity index (χ1) is 10.1. The summed E-state index contributed by atoms with van der Waals surface area (Å²) in [4.78, 5) is 23.5. The first-order valence-corrected chi connectivity index (χ1v) is 7.20. The van der Waals surface area contributed by atoms with Gasteiger partial charge in [-0.05, 0) is 30.3 Å². The number of benzene rings is 2. The van der Waals surface area contributed by atoms with Crippen molar-refractivity contribution in [3.63, 3.8) is 0 Å². The van der Waals surface area contributed by atoms with Gasteiger partial charge in [-0.15, -0.1) is 0 Å². The summed E-state index contributed by atoms with van der Waals surface area (Å²) in [5, 5.41) is 2.91. The Labute approximate surface area is 135 Å². The van der Waals surface area contributed by atoms with Gasteiger partial charge in [0.1, 0.15) is 0 Å². The third-order valence-electron chi connectivity index (χ3n) is 2.54. The molecular formula is C15H11BrClNO3. The Kier molecular flexibility index (Phi) is 5.36. The maximum atomic E-state index is 11.8. The minimum Gasteiger partial charge on any atom is -0.452 e. The lowest BCUT2D eigenvalue weighted by Crippen LogP contribution is -2.21. The first kappa shape index (κ1) is 15.5. The van der Waals surface area contributed by atoms with E-state index in [2.05, 4.69) is 21.2 Å². The average molecular weight is 369 g/mol. The summed E-state index contributed by atoms with van der Waals surface area (Å²) < 4.78 is 5.77. The molecule has 0 aromatic heterocycles. The summed E-state index contributed by atoms with van der Waals surface area (Å²) in [7, 11) is 0. The number of anilines is 1. The van der Waals surface area contributed by atoms with E-state index in [0.717, 1.165) is 4.47 Å². The van der Waals surface area contributed by atoms with Crippen molar-refractivity contribution in [2.75, 3.05) is 11.9 Å².